The Kier molecular flexibility index (Phi) is 8.36. The molecule has 0 radical (unpaired) electrons. The van der Waals surface area contributed by atoms with Crippen LogP contribution in [0.5, 0.6) is 0 Å². The zero-order valence-corrected chi connectivity index (χ0v) is 21.1. The third kappa shape index (κ3) is 6.59. The zero-order valence-electron chi connectivity index (χ0n) is 19.6. The summed E-state index contributed by atoms with van der Waals surface area (Å²) in [5.74, 6) is 0. The van der Waals surface area contributed by atoms with Gasteiger partial charge in [-0.1, -0.05) is 89.4 Å². The van der Waals surface area contributed by atoms with Crippen molar-refractivity contribution in [1.82, 2.24) is 4.90 Å². The van der Waals surface area contributed by atoms with Crippen molar-refractivity contribution < 1.29 is 9.53 Å². The first-order chi connectivity index (χ1) is 15.3. The molecule has 0 aromatic heterocycles. The molecule has 0 aliphatic heterocycles. The standard InChI is InChI=1S/C22H29NO2.C6H5Br/c1-16(19-15-9-11-17-10-5-8-14-20(17)19)23(18-12-6-7-13-18)21(24)25-22(2,3)4;7-6-4-2-1-3-5-6/h5,8-11,14-16,18H,6-7,12-13H2,1-4H3;1-5H/t16-;/m1./s1. The van der Waals surface area contributed by atoms with Crippen LogP contribution in [-0.2, 0) is 4.74 Å². The Bertz CT molecular complexity index is 1000. The van der Waals surface area contributed by atoms with E-state index in [0.717, 1.165) is 17.3 Å². The number of carbonyl (C=O) groups is 1. The van der Waals surface area contributed by atoms with Crippen molar-refractivity contribution in [3.05, 3.63) is 82.8 Å². The van der Waals surface area contributed by atoms with E-state index in [0.29, 0.717) is 0 Å². The third-order valence-electron chi connectivity index (χ3n) is 5.75. The van der Waals surface area contributed by atoms with Crippen molar-refractivity contribution in [3.63, 3.8) is 0 Å². The summed E-state index contributed by atoms with van der Waals surface area (Å²) in [5.41, 5.74) is 0.711. The number of benzene rings is 3. The minimum absolute atomic E-state index is 0.0101. The van der Waals surface area contributed by atoms with E-state index in [1.807, 2.05) is 56.0 Å². The molecule has 1 amide bonds. The molecule has 170 valence electrons. The Balaban J connectivity index is 0.000000352. The summed E-state index contributed by atoms with van der Waals surface area (Å²) in [7, 11) is 0. The maximum Gasteiger partial charge on any atom is 0.411 e. The molecule has 1 fully saturated rings. The molecule has 1 aliphatic carbocycles. The van der Waals surface area contributed by atoms with Gasteiger partial charge in [-0.2, -0.15) is 0 Å². The van der Waals surface area contributed by atoms with Crippen LogP contribution in [0.2, 0.25) is 0 Å². The highest BCUT2D eigenvalue weighted by Gasteiger charge is 2.34. The van der Waals surface area contributed by atoms with Crippen LogP contribution in [0.15, 0.2) is 77.3 Å². The topological polar surface area (TPSA) is 29.5 Å². The fourth-order valence-corrected chi connectivity index (χ4v) is 4.60. The molecule has 0 saturated heterocycles. The number of hydrogen-bond donors (Lipinski definition) is 0. The molecule has 3 aromatic carbocycles. The number of ether oxygens (including phenoxy) is 1. The highest BCUT2D eigenvalue weighted by molar-refractivity contribution is 9.10. The molecule has 1 saturated carbocycles. The number of halogens is 1. The van der Waals surface area contributed by atoms with Crippen LogP contribution >= 0.6 is 15.9 Å². The Labute approximate surface area is 200 Å². The van der Waals surface area contributed by atoms with Crippen LogP contribution in [0.25, 0.3) is 10.8 Å². The zero-order chi connectivity index (χ0) is 23.1. The van der Waals surface area contributed by atoms with Crippen molar-refractivity contribution in [2.75, 3.05) is 0 Å². The van der Waals surface area contributed by atoms with E-state index < -0.39 is 5.60 Å². The van der Waals surface area contributed by atoms with Crippen molar-refractivity contribution in [2.45, 2.75) is 71.1 Å². The van der Waals surface area contributed by atoms with Gasteiger partial charge in [-0.15, -0.1) is 0 Å². The summed E-state index contributed by atoms with van der Waals surface area (Å²) in [6.07, 6.45) is 4.31. The van der Waals surface area contributed by atoms with Gasteiger partial charge in [0.1, 0.15) is 5.60 Å². The van der Waals surface area contributed by atoms with Gasteiger partial charge in [-0.3, -0.25) is 4.90 Å². The van der Waals surface area contributed by atoms with Gasteiger partial charge in [-0.25, -0.2) is 4.79 Å². The van der Waals surface area contributed by atoms with E-state index in [1.54, 1.807) is 0 Å². The largest absolute Gasteiger partial charge is 0.444 e. The van der Waals surface area contributed by atoms with E-state index in [-0.39, 0.29) is 18.2 Å². The number of rotatable bonds is 3. The average Bonchev–Trinajstić information content (AvgIpc) is 3.27. The quantitative estimate of drug-likeness (QED) is 0.364. The van der Waals surface area contributed by atoms with Crippen molar-refractivity contribution >= 4 is 32.8 Å². The van der Waals surface area contributed by atoms with Gasteiger partial charge in [0.2, 0.25) is 0 Å². The predicted octanol–water partition coefficient (Wildman–Crippen LogP) is 8.53. The van der Waals surface area contributed by atoms with E-state index in [9.17, 15) is 4.79 Å². The molecular weight excluding hydrogens is 462 g/mol. The highest BCUT2D eigenvalue weighted by Crippen LogP contribution is 2.35. The molecule has 0 heterocycles. The van der Waals surface area contributed by atoms with Gasteiger partial charge in [0.15, 0.2) is 0 Å². The molecule has 1 atom stereocenters. The predicted molar refractivity (Wildman–Crippen MR) is 137 cm³/mol. The molecule has 0 N–H and O–H groups in total. The van der Waals surface area contributed by atoms with E-state index in [1.165, 1.54) is 29.2 Å². The molecule has 1 aliphatic rings. The fraction of sp³-hybridized carbons (Fsp3) is 0.393. The number of carbonyl (C=O) groups excluding carboxylic acids is 1. The minimum Gasteiger partial charge on any atom is -0.444 e. The first kappa shape index (κ1) is 24.3. The lowest BCUT2D eigenvalue weighted by molar-refractivity contribution is 0.00708. The molecule has 4 rings (SSSR count). The number of nitrogens with zero attached hydrogens (tertiary/aromatic N) is 1. The maximum absolute atomic E-state index is 13.0. The highest BCUT2D eigenvalue weighted by atomic mass is 79.9. The lowest BCUT2D eigenvalue weighted by Crippen LogP contribution is -2.43. The fourth-order valence-electron chi connectivity index (χ4n) is 4.30. The van der Waals surface area contributed by atoms with Gasteiger partial charge < -0.3 is 4.74 Å². The van der Waals surface area contributed by atoms with Gasteiger partial charge >= 0.3 is 6.09 Å². The second kappa shape index (κ2) is 11.0. The van der Waals surface area contributed by atoms with Crippen LogP contribution < -0.4 is 0 Å². The monoisotopic (exact) mass is 495 g/mol. The number of amides is 1. The Morgan fingerprint density at radius 2 is 1.53 bits per heavy atom. The van der Waals surface area contributed by atoms with Crippen LogP contribution in [0, 0.1) is 0 Å². The normalized spacial score (nSPS) is 15.0. The lowest BCUT2D eigenvalue weighted by atomic mass is 9.97. The van der Waals surface area contributed by atoms with Crippen LogP contribution in [0.4, 0.5) is 4.79 Å². The first-order valence-electron chi connectivity index (χ1n) is 11.5. The molecule has 0 unspecified atom stereocenters. The van der Waals surface area contributed by atoms with Crippen LogP contribution in [0.1, 0.15) is 65.0 Å². The third-order valence-corrected chi connectivity index (χ3v) is 6.27. The van der Waals surface area contributed by atoms with Crippen molar-refractivity contribution in [2.24, 2.45) is 0 Å². The molecule has 0 bridgehead atoms. The Hall–Kier alpha value is -2.33. The molecule has 3 nitrogen and oxygen atoms in total. The van der Waals surface area contributed by atoms with Crippen LogP contribution in [-0.4, -0.2) is 22.6 Å². The summed E-state index contributed by atoms with van der Waals surface area (Å²) in [6.45, 7) is 7.92. The van der Waals surface area contributed by atoms with Gasteiger partial charge in [0.25, 0.3) is 0 Å². The summed E-state index contributed by atoms with van der Waals surface area (Å²) in [5, 5.41) is 2.42. The lowest BCUT2D eigenvalue weighted by Gasteiger charge is -2.36. The molecule has 3 aromatic rings. The van der Waals surface area contributed by atoms with Gasteiger partial charge in [-0.05, 0) is 69.0 Å². The number of fused-ring (bicyclic) bond motifs is 1. The van der Waals surface area contributed by atoms with E-state index in [4.69, 9.17) is 4.74 Å². The second-order valence-corrected chi connectivity index (χ2v) is 10.3. The van der Waals surface area contributed by atoms with Crippen molar-refractivity contribution in [1.29, 1.82) is 0 Å². The Morgan fingerprint density at radius 3 is 2.12 bits per heavy atom. The SMILES string of the molecule is Brc1ccccc1.C[C@H](c1cccc2ccccc12)N(C(=O)OC(C)(C)C)C1CCCC1. The average molecular weight is 496 g/mol. The first-order valence-corrected chi connectivity index (χ1v) is 12.2. The maximum atomic E-state index is 13.0. The number of hydrogen-bond acceptors (Lipinski definition) is 2. The summed E-state index contributed by atoms with van der Waals surface area (Å²) < 4.78 is 6.89. The van der Waals surface area contributed by atoms with Crippen molar-refractivity contribution in [3.8, 4) is 0 Å². The smallest absolute Gasteiger partial charge is 0.411 e. The minimum atomic E-state index is -0.480. The second-order valence-electron chi connectivity index (χ2n) is 9.37. The van der Waals surface area contributed by atoms with E-state index >= 15 is 0 Å². The molecule has 32 heavy (non-hydrogen) atoms. The summed E-state index contributed by atoms with van der Waals surface area (Å²) in [4.78, 5) is 15.0. The molecule has 4 heteroatoms. The molecule has 0 spiro atoms. The molecular formula is C28H34BrNO2. The van der Waals surface area contributed by atoms with Gasteiger partial charge in [0, 0.05) is 10.5 Å². The van der Waals surface area contributed by atoms with Gasteiger partial charge in [0.05, 0.1) is 6.04 Å². The Morgan fingerprint density at radius 1 is 0.938 bits per heavy atom. The van der Waals surface area contributed by atoms with E-state index in [2.05, 4.69) is 65.3 Å². The van der Waals surface area contributed by atoms with Crippen LogP contribution in [0.3, 0.4) is 0 Å². The summed E-state index contributed by atoms with van der Waals surface area (Å²) >= 11 is 3.31. The summed E-state index contributed by atoms with van der Waals surface area (Å²) in [6, 6.07) is 25.0.